The molecule has 0 aliphatic carbocycles. The van der Waals surface area contributed by atoms with E-state index in [2.05, 4.69) is 0 Å². The van der Waals surface area contributed by atoms with Crippen molar-refractivity contribution in [2.24, 2.45) is 5.92 Å². The highest BCUT2D eigenvalue weighted by Crippen LogP contribution is 2.23. The van der Waals surface area contributed by atoms with E-state index in [9.17, 15) is 14.0 Å². The van der Waals surface area contributed by atoms with Gasteiger partial charge >= 0.3 is 0 Å². The molecule has 1 aliphatic heterocycles. The molecular weight excluding hydrogens is 363 g/mol. The minimum absolute atomic E-state index is 0.0182. The fourth-order valence-corrected chi connectivity index (χ4v) is 3.42. The Kier molecular flexibility index (Phi) is 6.02. The van der Waals surface area contributed by atoms with Gasteiger partial charge in [0.05, 0.1) is 13.2 Å². The number of amides is 2. The Morgan fingerprint density at radius 2 is 1.96 bits per heavy atom. The Morgan fingerprint density at radius 3 is 2.57 bits per heavy atom. The van der Waals surface area contributed by atoms with E-state index >= 15 is 0 Å². The summed E-state index contributed by atoms with van der Waals surface area (Å²) in [6.07, 6.45) is 0.230. The summed E-state index contributed by atoms with van der Waals surface area (Å²) in [5.41, 5.74) is 0.857. The van der Waals surface area contributed by atoms with Crippen LogP contribution in [0.5, 0.6) is 5.95 Å². The van der Waals surface area contributed by atoms with E-state index in [1.807, 2.05) is 13.8 Å². The number of hydrogen-bond donors (Lipinski definition) is 0. The van der Waals surface area contributed by atoms with E-state index in [1.54, 1.807) is 34.1 Å². The number of hydrogen-bond acceptors (Lipinski definition) is 4. The van der Waals surface area contributed by atoms with Gasteiger partial charge in [-0.3, -0.25) is 9.59 Å². The zero-order valence-corrected chi connectivity index (χ0v) is 16.4. The number of rotatable bonds is 5. The largest absolute Gasteiger partial charge is 0.468 e. The van der Waals surface area contributed by atoms with Crippen LogP contribution in [0.1, 0.15) is 36.4 Å². The van der Waals surface area contributed by atoms with Crippen molar-refractivity contribution >= 4 is 11.8 Å². The molecule has 2 heterocycles. The van der Waals surface area contributed by atoms with Crippen molar-refractivity contribution in [1.29, 1.82) is 0 Å². The van der Waals surface area contributed by atoms with Crippen LogP contribution in [0.2, 0.25) is 0 Å². The Hall–Kier alpha value is -2.83. The Morgan fingerprint density at radius 1 is 1.25 bits per heavy atom. The summed E-state index contributed by atoms with van der Waals surface area (Å²) in [5.74, 6) is 0.0213. The molecule has 7 heteroatoms. The van der Waals surface area contributed by atoms with E-state index in [0.29, 0.717) is 19.6 Å². The standard InChI is InChI=1S/C21H25FN2O4/c1-14(2)17-13-23(21(26)18-8-9-20(27-3)28-18)11-10-19(25)24(17)12-15-4-6-16(22)7-5-15/h4-9,14,17H,10-13H2,1-3H3. The normalized spacial score (nSPS) is 17.8. The molecule has 28 heavy (non-hydrogen) atoms. The van der Waals surface area contributed by atoms with Gasteiger partial charge in [0.25, 0.3) is 11.9 Å². The first-order valence-electron chi connectivity index (χ1n) is 9.36. The maximum atomic E-state index is 13.2. The molecule has 150 valence electrons. The van der Waals surface area contributed by atoms with Crippen molar-refractivity contribution < 1.29 is 23.1 Å². The van der Waals surface area contributed by atoms with Crippen LogP contribution in [0.15, 0.2) is 40.8 Å². The van der Waals surface area contributed by atoms with Crippen molar-refractivity contribution in [2.45, 2.75) is 32.9 Å². The number of methoxy groups -OCH3 is 1. The van der Waals surface area contributed by atoms with Gasteiger partial charge in [0.2, 0.25) is 5.91 Å². The first kappa shape index (κ1) is 19.9. The second kappa shape index (κ2) is 8.46. The molecule has 1 unspecified atom stereocenters. The molecule has 2 aromatic rings. The summed E-state index contributed by atoms with van der Waals surface area (Å²) in [7, 11) is 1.47. The van der Waals surface area contributed by atoms with Crippen molar-refractivity contribution in [3.05, 3.63) is 53.5 Å². The average Bonchev–Trinajstić information content (AvgIpc) is 3.10. The lowest BCUT2D eigenvalue weighted by Gasteiger charge is -2.34. The monoisotopic (exact) mass is 388 g/mol. The highest BCUT2D eigenvalue weighted by molar-refractivity contribution is 5.92. The zero-order chi connectivity index (χ0) is 20.3. The first-order valence-corrected chi connectivity index (χ1v) is 9.36. The molecule has 1 aliphatic rings. The van der Waals surface area contributed by atoms with Crippen molar-refractivity contribution in [1.82, 2.24) is 9.80 Å². The van der Waals surface area contributed by atoms with E-state index in [0.717, 1.165) is 5.56 Å². The number of benzene rings is 1. The molecule has 0 saturated carbocycles. The lowest BCUT2D eigenvalue weighted by atomic mass is 10.0. The van der Waals surface area contributed by atoms with E-state index in [-0.39, 0.29) is 47.7 Å². The number of furan rings is 1. The van der Waals surface area contributed by atoms with Crippen molar-refractivity contribution in [2.75, 3.05) is 20.2 Å². The van der Waals surface area contributed by atoms with Crippen molar-refractivity contribution in [3.8, 4) is 5.95 Å². The summed E-state index contributed by atoms with van der Waals surface area (Å²) in [6.45, 7) is 5.17. The minimum atomic E-state index is -0.308. The quantitative estimate of drug-likeness (QED) is 0.788. The van der Waals surface area contributed by atoms with Crippen LogP contribution >= 0.6 is 0 Å². The summed E-state index contributed by atoms with van der Waals surface area (Å²) in [5, 5.41) is 0. The first-order chi connectivity index (χ1) is 13.4. The number of ether oxygens (including phenoxy) is 1. The number of carbonyl (C=O) groups is 2. The fraction of sp³-hybridized carbons (Fsp3) is 0.429. The third-order valence-corrected chi connectivity index (χ3v) is 5.04. The van der Waals surface area contributed by atoms with E-state index in [1.165, 1.54) is 19.2 Å². The van der Waals surface area contributed by atoms with Crippen molar-refractivity contribution in [3.63, 3.8) is 0 Å². The molecule has 1 saturated heterocycles. The van der Waals surface area contributed by atoms with Gasteiger partial charge in [0.1, 0.15) is 5.82 Å². The Balaban J connectivity index is 1.80. The third-order valence-electron chi connectivity index (χ3n) is 5.04. The number of nitrogens with zero attached hydrogens (tertiary/aromatic N) is 2. The highest BCUT2D eigenvalue weighted by atomic mass is 19.1. The molecule has 1 aromatic heterocycles. The van der Waals surface area contributed by atoms with Crippen LogP contribution in [0, 0.1) is 11.7 Å². The van der Waals surface area contributed by atoms with Gasteiger partial charge in [-0.15, -0.1) is 0 Å². The Labute approximate surface area is 163 Å². The van der Waals surface area contributed by atoms with Crippen LogP contribution in [0.4, 0.5) is 4.39 Å². The maximum absolute atomic E-state index is 13.2. The van der Waals surface area contributed by atoms with Gasteiger partial charge in [-0.05, 0) is 29.7 Å². The van der Waals surface area contributed by atoms with Gasteiger partial charge in [0.15, 0.2) is 5.76 Å². The molecule has 1 fully saturated rings. The third kappa shape index (κ3) is 4.35. The van der Waals surface area contributed by atoms with Crippen LogP contribution in [0.25, 0.3) is 0 Å². The smallest absolute Gasteiger partial charge is 0.289 e. The van der Waals surface area contributed by atoms with Crippen LogP contribution < -0.4 is 4.74 Å². The minimum Gasteiger partial charge on any atom is -0.468 e. The Bertz CT molecular complexity index is 831. The summed E-state index contributed by atoms with van der Waals surface area (Å²) >= 11 is 0. The van der Waals surface area contributed by atoms with Gasteiger partial charge in [-0.25, -0.2) is 4.39 Å². The van der Waals surface area contributed by atoms with Crippen LogP contribution in [-0.2, 0) is 11.3 Å². The highest BCUT2D eigenvalue weighted by Gasteiger charge is 2.34. The SMILES string of the molecule is COc1ccc(C(=O)N2CCC(=O)N(Cc3ccc(F)cc3)C(C(C)C)C2)o1. The zero-order valence-electron chi connectivity index (χ0n) is 16.4. The lowest BCUT2D eigenvalue weighted by molar-refractivity contribution is -0.134. The van der Waals surface area contributed by atoms with E-state index in [4.69, 9.17) is 9.15 Å². The molecule has 0 spiro atoms. The maximum Gasteiger partial charge on any atom is 0.289 e. The van der Waals surface area contributed by atoms with Gasteiger partial charge in [-0.1, -0.05) is 26.0 Å². The van der Waals surface area contributed by atoms with Gasteiger partial charge in [0, 0.05) is 32.1 Å². The molecule has 1 aromatic carbocycles. The van der Waals surface area contributed by atoms with Gasteiger partial charge in [-0.2, -0.15) is 0 Å². The number of carbonyl (C=O) groups excluding carboxylic acids is 2. The predicted octanol–water partition coefficient (Wildman–Crippen LogP) is 3.33. The van der Waals surface area contributed by atoms with Crippen LogP contribution in [-0.4, -0.2) is 47.9 Å². The summed E-state index contributed by atoms with van der Waals surface area (Å²) in [6, 6.07) is 9.17. The lowest BCUT2D eigenvalue weighted by Crippen LogP contribution is -2.47. The van der Waals surface area contributed by atoms with E-state index < -0.39 is 0 Å². The summed E-state index contributed by atoms with van der Waals surface area (Å²) < 4.78 is 23.6. The predicted molar refractivity (Wildman–Crippen MR) is 101 cm³/mol. The molecule has 0 bridgehead atoms. The molecule has 3 rings (SSSR count). The molecule has 0 radical (unpaired) electrons. The average molecular weight is 388 g/mol. The second-order valence-electron chi connectivity index (χ2n) is 7.28. The topological polar surface area (TPSA) is 63.0 Å². The molecule has 6 nitrogen and oxygen atoms in total. The molecule has 1 atom stereocenters. The molecule has 2 amide bonds. The summed E-state index contributed by atoms with van der Waals surface area (Å²) in [4.78, 5) is 29.1. The van der Waals surface area contributed by atoms with Gasteiger partial charge < -0.3 is 19.0 Å². The molecule has 0 N–H and O–H groups in total. The van der Waals surface area contributed by atoms with Crippen LogP contribution in [0.3, 0.4) is 0 Å². The second-order valence-corrected chi connectivity index (χ2v) is 7.28. The number of halogens is 1. The molecular formula is C21H25FN2O4. The fourth-order valence-electron chi connectivity index (χ4n) is 3.42.